The van der Waals surface area contributed by atoms with Crippen LogP contribution in [0.4, 0.5) is 0 Å². The Bertz CT molecular complexity index is 686. The van der Waals surface area contributed by atoms with Gasteiger partial charge in [0.2, 0.25) is 0 Å². The number of ether oxygens (including phenoxy) is 2. The van der Waals surface area contributed by atoms with Gasteiger partial charge < -0.3 is 14.6 Å². The van der Waals surface area contributed by atoms with Gasteiger partial charge in [-0.05, 0) is 18.6 Å². The van der Waals surface area contributed by atoms with E-state index in [9.17, 15) is 5.11 Å². The Hall–Kier alpha value is -1.63. The van der Waals surface area contributed by atoms with Gasteiger partial charge in [0, 0.05) is 36.1 Å². The Morgan fingerprint density at radius 3 is 2.70 bits per heavy atom. The van der Waals surface area contributed by atoms with Gasteiger partial charge in [0.1, 0.15) is 11.5 Å². The number of aliphatic hydroxyl groups excluding tert-OH is 1. The highest BCUT2D eigenvalue weighted by Crippen LogP contribution is 2.39. The summed E-state index contributed by atoms with van der Waals surface area (Å²) < 4.78 is 10.9. The van der Waals surface area contributed by atoms with E-state index in [2.05, 4.69) is 22.2 Å². The number of aryl methyl sites for hydroxylation is 1. The highest BCUT2D eigenvalue weighted by atomic mass is 32.1. The lowest BCUT2D eigenvalue weighted by atomic mass is 9.95. The number of fused-ring (bicyclic) bond motifs is 1. The number of aromatic nitrogens is 1. The molecule has 1 aliphatic rings. The predicted molar refractivity (Wildman–Crippen MR) is 90.1 cm³/mol. The lowest BCUT2D eigenvalue weighted by molar-refractivity contribution is 0.0837. The second-order valence-corrected chi connectivity index (χ2v) is 6.58. The third kappa shape index (κ3) is 3.20. The fourth-order valence-corrected chi connectivity index (χ4v) is 3.81. The Balaban J connectivity index is 1.87. The minimum Gasteiger partial charge on any atom is -0.496 e. The topological polar surface area (TPSA) is 54.8 Å². The third-order valence-corrected chi connectivity index (χ3v) is 5.19. The molecule has 0 amide bonds. The van der Waals surface area contributed by atoms with Crippen molar-refractivity contribution >= 4 is 11.3 Å². The van der Waals surface area contributed by atoms with Crippen LogP contribution in [0.3, 0.4) is 0 Å². The lowest BCUT2D eigenvalue weighted by Gasteiger charge is -2.33. The lowest BCUT2D eigenvalue weighted by Crippen LogP contribution is -2.33. The minimum absolute atomic E-state index is 0.565. The zero-order chi connectivity index (χ0) is 16.4. The standard InChI is InChI=1S/C17H22N2O3S/c1-4-16-18-11(10-23-16)7-19-8-12-14(21-2)5-6-15(22-3)17(12)13(20)9-19/h5-6,10,13,20H,4,7-9H2,1-3H3. The molecule has 1 aromatic heterocycles. The molecule has 0 aliphatic carbocycles. The monoisotopic (exact) mass is 334 g/mol. The van der Waals surface area contributed by atoms with Crippen molar-refractivity contribution in [2.24, 2.45) is 0 Å². The van der Waals surface area contributed by atoms with Gasteiger partial charge in [0.15, 0.2) is 0 Å². The van der Waals surface area contributed by atoms with E-state index in [1.165, 1.54) is 0 Å². The van der Waals surface area contributed by atoms with Crippen molar-refractivity contribution in [2.75, 3.05) is 20.8 Å². The first-order chi connectivity index (χ1) is 11.2. The molecule has 3 rings (SSSR count). The molecule has 0 saturated carbocycles. The molecule has 0 radical (unpaired) electrons. The van der Waals surface area contributed by atoms with Crippen LogP contribution in [0.25, 0.3) is 0 Å². The summed E-state index contributed by atoms with van der Waals surface area (Å²) in [6.07, 6.45) is 0.370. The Labute approximate surface area is 140 Å². The average molecular weight is 334 g/mol. The van der Waals surface area contributed by atoms with Crippen LogP contribution in [0.15, 0.2) is 17.5 Å². The molecule has 0 fully saturated rings. The number of aliphatic hydroxyl groups is 1. The predicted octanol–water partition coefficient (Wildman–Crippen LogP) is 2.77. The van der Waals surface area contributed by atoms with Gasteiger partial charge in [-0.3, -0.25) is 4.90 Å². The molecule has 1 aromatic carbocycles. The van der Waals surface area contributed by atoms with Gasteiger partial charge in [0.05, 0.1) is 31.0 Å². The van der Waals surface area contributed by atoms with Gasteiger partial charge in [-0.25, -0.2) is 4.98 Å². The third-order valence-electron chi connectivity index (χ3n) is 4.15. The maximum Gasteiger partial charge on any atom is 0.125 e. The molecule has 1 aliphatic heterocycles. The van der Waals surface area contributed by atoms with Gasteiger partial charge >= 0.3 is 0 Å². The van der Waals surface area contributed by atoms with E-state index < -0.39 is 6.10 Å². The first-order valence-electron chi connectivity index (χ1n) is 7.73. The van der Waals surface area contributed by atoms with Crippen molar-refractivity contribution in [3.63, 3.8) is 0 Å². The molecule has 23 heavy (non-hydrogen) atoms. The summed E-state index contributed by atoms with van der Waals surface area (Å²) in [4.78, 5) is 6.82. The Kier molecular flexibility index (Phi) is 4.84. The first kappa shape index (κ1) is 16.2. The molecule has 1 unspecified atom stereocenters. The van der Waals surface area contributed by atoms with E-state index in [-0.39, 0.29) is 0 Å². The number of rotatable bonds is 5. The highest BCUT2D eigenvalue weighted by Gasteiger charge is 2.29. The summed E-state index contributed by atoms with van der Waals surface area (Å²) >= 11 is 1.69. The number of thiazole rings is 1. The molecular weight excluding hydrogens is 312 g/mol. The zero-order valence-electron chi connectivity index (χ0n) is 13.7. The van der Waals surface area contributed by atoms with Crippen LogP contribution in [-0.4, -0.2) is 35.8 Å². The van der Waals surface area contributed by atoms with Crippen LogP contribution in [-0.2, 0) is 19.5 Å². The number of methoxy groups -OCH3 is 2. The van der Waals surface area contributed by atoms with Crippen LogP contribution in [0.5, 0.6) is 11.5 Å². The molecule has 2 aromatic rings. The molecule has 6 heteroatoms. The molecule has 0 spiro atoms. The van der Waals surface area contributed by atoms with Crippen molar-refractivity contribution < 1.29 is 14.6 Å². The average Bonchev–Trinajstić information content (AvgIpc) is 3.01. The molecule has 124 valence electrons. The van der Waals surface area contributed by atoms with Crippen molar-refractivity contribution in [2.45, 2.75) is 32.5 Å². The molecular formula is C17H22N2O3S. The highest BCUT2D eigenvalue weighted by molar-refractivity contribution is 7.09. The second kappa shape index (κ2) is 6.86. The number of β-amino-alcohol motifs (C(OH)–C–C–N with tert-alkyl or cyclic N) is 1. The van der Waals surface area contributed by atoms with Gasteiger partial charge in [-0.15, -0.1) is 11.3 Å². The van der Waals surface area contributed by atoms with Crippen LogP contribution in [0.2, 0.25) is 0 Å². The van der Waals surface area contributed by atoms with Gasteiger partial charge in [-0.2, -0.15) is 0 Å². The molecule has 5 nitrogen and oxygen atoms in total. The molecule has 1 atom stereocenters. The van der Waals surface area contributed by atoms with Crippen molar-refractivity contribution in [3.05, 3.63) is 39.3 Å². The first-order valence-corrected chi connectivity index (χ1v) is 8.61. The number of hydrogen-bond donors (Lipinski definition) is 1. The van der Waals surface area contributed by atoms with Crippen LogP contribution < -0.4 is 9.47 Å². The van der Waals surface area contributed by atoms with Crippen molar-refractivity contribution in [1.82, 2.24) is 9.88 Å². The summed E-state index contributed by atoms with van der Waals surface area (Å²) in [5.74, 6) is 1.51. The smallest absolute Gasteiger partial charge is 0.125 e. The van der Waals surface area contributed by atoms with E-state index in [1.807, 2.05) is 12.1 Å². The second-order valence-electron chi connectivity index (χ2n) is 5.63. The Morgan fingerprint density at radius 1 is 1.30 bits per heavy atom. The van der Waals surface area contributed by atoms with E-state index >= 15 is 0 Å². The minimum atomic E-state index is -0.590. The molecule has 2 heterocycles. The van der Waals surface area contributed by atoms with E-state index in [0.717, 1.165) is 46.3 Å². The van der Waals surface area contributed by atoms with E-state index in [4.69, 9.17) is 9.47 Å². The fourth-order valence-electron chi connectivity index (χ4n) is 3.08. The van der Waals surface area contributed by atoms with Gasteiger partial charge in [-0.1, -0.05) is 6.92 Å². The summed E-state index contributed by atoms with van der Waals surface area (Å²) in [5.41, 5.74) is 2.90. The number of nitrogens with zero attached hydrogens (tertiary/aromatic N) is 2. The summed E-state index contributed by atoms with van der Waals surface area (Å²) in [6.45, 7) is 4.12. The summed E-state index contributed by atoms with van der Waals surface area (Å²) in [5, 5.41) is 13.8. The quantitative estimate of drug-likeness (QED) is 0.911. The van der Waals surface area contributed by atoms with E-state index in [1.54, 1.807) is 25.6 Å². The maximum atomic E-state index is 10.6. The van der Waals surface area contributed by atoms with E-state index in [0.29, 0.717) is 13.1 Å². The number of benzene rings is 1. The Morgan fingerprint density at radius 2 is 2.04 bits per heavy atom. The SMILES string of the molecule is CCc1nc(CN2Cc3c(OC)ccc(OC)c3C(O)C2)cs1. The molecule has 0 saturated heterocycles. The van der Waals surface area contributed by atoms with Crippen LogP contribution >= 0.6 is 11.3 Å². The van der Waals surface area contributed by atoms with Crippen LogP contribution in [0.1, 0.15) is 34.9 Å². The molecule has 1 N–H and O–H groups in total. The zero-order valence-corrected chi connectivity index (χ0v) is 14.5. The fraction of sp³-hybridized carbons (Fsp3) is 0.471. The normalized spacial score (nSPS) is 17.8. The maximum absolute atomic E-state index is 10.6. The molecule has 0 bridgehead atoms. The van der Waals surface area contributed by atoms with Crippen molar-refractivity contribution in [3.8, 4) is 11.5 Å². The van der Waals surface area contributed by atoms with Gasteiger partial charge in [0.25, 0.3) is 0 Å². The van der Waals surface area contributed by atoms with Crippen LogP contribution in [0, 0.1) is 0 Å². The largest absolute Gasteiger partial charge is 0.496 e. The van der Waals surface area contributed by atoms with Crippen molar-refractivity contribution in [1.29, 1.82) is 0 Å². The number of hydrogen-bond acceptors (Lipinski definition) is 6. The summed E-state index contributed by atoms with van der Waals surface area (Å²) in [6, 6.07) is 3.75. The summed E-state index contributed by atoms with van der Waals surface area (Å²) in [7, 11) is 3.28.